The molecule has 0 radical (unpaired) electrons. The van der Waals surface area contributed by atoms with Crippen LogP contribution in [0.15, 0.2) is 30.3 Å². The van der Waals surface area contributed by atoms with Crippen LogP contribution in [0.3, 0.4) is 0 Å². The van der Waals surface area contributed by atoms with Gasteiger partial charge in [-0.15, -0.1) is 0 Å². The van der Waals surface area contributed by atoms with Crippen molar-refractivity contribution in [3.05, 3.63) is 35.9 Å². The minimum absolute atomic E-state index is 0.0401. The molecular weight excluding hydrogens is 329 g/mol. The Balaban J connectivity index is 1.66. The SMILES string of the molecule is O=C(NC1CCCCC1)[C@@H]1CN(Cc2ccccc2)C[C@H]1C(F)(F)F. The number of hydrogen-bond acceptors (Lipinski definition) is 2. The Bertz CT molecular complexity index is 570. The number of likely N-dealkylation sites (tertiary alicyclic amines) is 1. The fourth-order valence-electron chi connectivity index (χ4n) is 4.01. The van der Waals surface area contributed by atoms with Crippen molar-refractivity contribution in [3.63, 3.8) is 0 Å². The summed E-state index contributed by atoms with van der Waals surface area (Å²) in [6, 6.07) is 9.47. The summed E-state index contributed by atoms with van der Waals surface area (Å²) in [6.07, 6.45) is 0.633. The van der Waals surface area contributed by atoms with Gasteiger partial charge in [-0.25, -0.2) is 0 Å². The van der Waals surface area contributed by atoms with Crippen molar-refractivity contribution < 1.29 is 18.0 Å². The fourth-order valence-corrected chi connectivity index (χ4v) is 4.01. The molecule has 0 aromatic heterocycles. The molecule has 1 aliphatic heterocycles. The van der Waals surface area contributed by atoms with Crippen LogP contribution in [0.2, 0.25) is 0 Å². The molecule has 1 aromatic rings. The predicted octanol–water partition coefficient (Wildman–Crippen LogP) is 3.75. The van der Waals surface area contributed by atoms with Crippen molar-refractivity contribution in [1.82, 2.24) is 10.2 Å². The van der Waals surface area contributed by atoms with Crippen LogP contribution in [0.1, 0.15) is 37.7 Å². The number of alkyl halides is 3. The number of rotatable bonds is 4. The van der Waals surface area contributed by atoms with Gasteiger partial charge in [-0.3, -0.25) is 9.69 Å². The predicted molar refractivity (Wildman–Crippen MR) is 89.8 cm³/mol. The van der Waals surface area contributed by atoms with Gasteiger partial charge in [0.05, 0.1) is 11.8 Å². The first-order valence-corrected chi connectivity index (χ1v) is 9.07. The lowest BCUT2D eigenvalue weighted by atomic mass is 9.92. The highest BCUT2D eigenvalue weighted by molar-refractivity contribution is 5.80. The lowest BCUT2D eigenvalue weighted by Gasteiger charge is -2.26. The van der Waals surface area contributed by atoms with Gasteiger partial charge in [0.2, 0.25) is 5.91 Å². The normalized spacial score (nSPS) is 25.9. The Hall–Kier alpha value is -1.56. The quantitative estimate of drug-likeness (QED) is 0.893. The summed E-state index contributed by atoms with van der Waals surface area (Å²) >= 11 is 0. The van der Waals surface area contributed by atoms with E-state index in [1.54, 1.807) is 4.90 Å². The largest absolute Gasteiger partial charge is 0.393 e. The molecular formula is C19H25F3N2O. The van der Waals surface area contributed by atoms with Crippen LogP contribution in [-0.4, -0.2) is 36.1 Å². The van der Waals surface area contributed by atoms with E-state index in [-0.39, 0.29) is 19.1 Å². The van der Waals surface area contributed by atoms with Crippen LogP contribution in [0, 0.1) is 11.8 Å². The molecule has 1 heterocycles. The average Bonchev–Trinajstić information content (AvgIpc) is 3.01. The van der Waals surface area contributed by atoms with E-state index in [1.807, 2.05) is 30.3 Å². The molecule has 1 amide bonds. The lowest BCUT2D eigenvalue weighted by Crippen LogP contribution is -2.44. The summed E-state index contributed by atoms with van der Waals surface area (Å²) < 4.78 is 40.4. The van der Waals surface area contributed by atoms with Crippen LogP contribution in [0.5, 0.6) is 0 Å². The maximum Gasteiger partial charge on any atom is 0.393 e. The number of carbonyl (C=O) groups is 1. The zero-order chi connectivity index (χ0) is 17.9. The van der Waals surface area contributed by atoms with Gasteiger partial charge in [-0.05, 0) is 18.4 Å². The van der Waals surface area contributed by atoms with Gasteiger partial charge in [0, 0.05) is 25.7 Å². The Kier molecular flexibility index (Phi) is 5.67. The second kappa shape index (κ2) is 7.77. The van der Waals surface area contributed by atoms with Gasteiger partial charge in [-0.1, -0.05) is 49.6 Å². The highest BCUT2D eigenvalue weighted by Crippen LogP contribution is 2.38. The molecule has 1 N–H and O–H groups in total. The fraction of sp³-hybridized carbons (Fsp3) is 0.632. The number of hydrogen-bond donors (Lipinski definition) is 1. The minimum atomic E-state index is -4.35. The summed E-state index contributed by atoms with van der Waals surface area (Å²) in [7, 11) is 0. The van der Waals surface area contributed by atoms with Gasteiger partial charge in [0.1, 0.15) is 0 Å². The first-order chi connectivity index (χ1) is 11.9. The van der Waals surface area contributed by atoms with Crippen molar-refractivity contribution in [1.29, 1.82) is 0 Å². The maximum atomic E-state index is 13.5. The molecule has 138 valence electrons. The molecule has 0 spiro atoms. The standard InChI is InChI=1S/C19H25F3N2O/c20-19(21,22)17-13-24(11-14-7-3-1-4-8-14)12-16(17)18(25)23-15-9-5-2-6-10-15/h1,3-4,7-8,15-17H,2,5-6,9-13H2,(H,23,25)/t16-,17-/m1/s1. The van der Waals surface area contributed by atoms with E-state index in [2.05, 4.69) is 5.32 Å². The Morgan fingerprint density at radius 1 is 1.08 bits per heavy atom. The molecule has 2 fully saturated rings. The molecule has 3 rings (SSSR count). The Morgan fingerprint density at radius 2 is 1.76 bits per heavy atom. The monoisotopic (exact) mass is 354 g/mol. The van der Waals surface area contributed by atoms with E-state index in [0.29, 0.717) is 6.54 Å². The van der Waals surface area contributed by atoms with Gasteiger partial charge in [0.15, 0.2) is 0 Å². The third kappa shape index (κ3) is 4.75. The van der Waals surface area contributed by atoms with Crippen LogP contribution in [0.25, 0.3) is 0 Å². The Labute approximate surface area is 146 Å². The van der Waals surface area contributed by atoms with Crippen LogP contribution >= 0.6 is 0 Å². The third-order valence-electron chi connectivity index (χ3n) is 5.35. The third-order valence-corrected chi connectivity index (χ3v) is 5.35. The van der Waals surface area contributed by atoms with Crippen molar-refractivity contribution >= 4 is 5.91 Å². The molecule has 1 saturated heterocycles. The van der Waals surface area contributed by atoms with Gasteiger partial charge in [-0.2, -0.15) is 13.2 Å². The zero-order valence-electron chi connectivity index (χ0n) is 14.3. The molecule has 2 atom stereocenters. The molecule has 0 bridgehead atoms. The van der Waals surface area contributed by atoms with Crippen molar-refractivity contribution in [2.45, 2.75) is 50.9 Å². The summed E-state index contributed by atoms with van der Waals surface area (Å²) in [5, 5.41) is 2.88. The average molecular weight is 354 g/mol. The number of halogens is 3. The lowest BCUT2D eigenvalue weighted by molar-refractivity contribution is -0.183. The summed E-state index contributed by atoms with van der Waals surface area (Å²) in [5.41, 5.74) is 0.969. The summed E-state index contributed by atoms with van der Waals surface area (Å²) in [4.78, 5) is 14.3. The molecule has 0 unspecified atom stereocenters. The number of nitrogens with zero attached hydrogens (tertiary/aromatic N) is 1. The van der Waals surface area contributed by atoms with E-state index >= 15 is 0 Å². The number of amides is 1. The van der Waals surface area contributed by atoms with Crippen LogP contribution in [-0.2, 0) is 11.3 Å². The first-order valence-electron chi connectivity index (χ1n) is 9.07. The Morgan fingerprint density at radius 3 is 2.40 bits per heavy atom. The van der Waals surface area contributed by atoms with Crippen molar-refractivity contribution in [3.8, 4) is 0 Å². The van der Waals surface area contributed by atoms with Crippen molar-refractivity contribution in [2.75, 3.05) is 13.1 Å². The number of carbonyl (C=O) groups excluding carboxylic acids is 1. The van der Waals surface area contributed by atoms with Crippen LogP contribution < -0.4 is 5.32 Å². The number of nitrogens with one attached hydrogen (secondary N) is 1. The first kappa shape index (κ1) is 18.2. The van der Waals surface area contributed by atoms with Crippen molar-refractivity contribution in [2.24, 2.45) is 11.8 Å². The molecule has 1 saturated carbocycles. The van der Waals surface area contributed by atoms with E-state index in [1.165, 1.54) is 0 Å². The summed E-state index contributed by atoms with van der Waals surface area (Å²) in [6.45, 7) is 0.499. The topological polar surface area (TPSA) is 32.3 Å². The molecule has 6 heteroatoms. The second-order valence-electron chi connectivity index (χ2n) is 7.28. The van der Waals surface area contributed by atoms with Gasteiger partial charge in [0.25, 0.3) is 0 Å². The van der Waals surface area contributed by atoms with Gasteiger partial charge >= 0.3 is 6.18 Å². The number of benzene rings is 1. The molecule has 3 nitrogen and oxygen atoms in total. The molecule has 25 heavy (non-hydrogen) atoms. The molecule has 1 aliphatic carbocycles. The summed E-state index contributed by atoms with van der Waals surface area (Å²) in [5.74, 6) is -3.02. The smallest absolute Gasteiger partial charge is 0.353 e. The molecule has 2 aliphatic rings. The molecule has 1 aromatic carbocycles. The second-order valence-corrected chi connectivity index (χ2v) is 7.28. The minimum Gasteiger partial charge on any atom is -0.353 e. The highest BCUT2D eigenvalue weighted by atomic mass is 19.4. The van der Waals surface area contributed by atoms with E-state index in [0.717, 1.165) is 37.7 Å². The zero-order valence-corrected chi connectivity index (χ0v) is 14.3. The van der Waals surface area contributed by atoms with E-state index < -0.39 is 23.9 Å². The highest BCUT2D eigenvalue weighted by Gasteiger charge is 2.52. The van der Waals surface area contributed by atoms with E-state index in [9.17, 15) is 18.0 Å². The maximum absolute atomic E-state index is 13.5. The van der Waals surface area contributed by atoms with Crippen LogP contribution in [0.4, 0.5) is 13.2 Å². The van der Waals surface area contributed by atoms with E-state index in [4.69, 9.17) is 0 Å². The van der Waals surface area contributed by atoms with Gasteiger partial charge < -0.3 is 5.32 Å².